The Balaban J connectivity index is 1.84. The molecule has 0 radical (unpaired) electrons. The van der Waals surface area contributed by atoms with E-state index in [1.54, 1.807) is 0 Å². The second kappa shape index (κ2) is 10.4. The molecule has 0 unspecified atom stereocenters. The van der Waals surface area contributed by atoms with Gasteiger partial charge in [-0.1, -0.05) is 27.7 Å². The monoisotopic (exact) mass is 498 g/mol. The predicted molar refractivity (Wildman–Crippen MR) is 152 cm³/mol. The summed E-state index contributed by atoms with van der Waals surface area (Å²) in [6, 6.07) is 0. The SMILES string of the molecule is CCC1=C(C)C(=O)N=C1/C=c1\[nH]/c(=C\c2[nH]c(/C=C3\NC(=O)C(C)=C3CC)c(C)c2CC)c(CC)c1C. The van der Waals surface area contributed by atoms with Crippen molar-refractivity contribution in [2.45, 2.75) is 81.1 Å². The maximum Gasteiger partial charge on any atom is 0.273 e. The molecular weight excluding hydrogens is 460 g/mol. The molecule has 0 spiro atoms. The largest absolute Gasteiger partial charge is 0.355 e. The van der Waals surface area contributed by atoms with E-state index in [2.05, 4.69) is 74.0 Å². The van der Waals surface area contributed by atoms with Crippen LogP contribution in [-0.4, -0.2) is 27.5 Å². The number of hydrogen-bond acceptors (Lipinski definition) is 2. The smallest absolute Gasteiger partial charge is 0.273 e. The summed E-state index contributed by atoms with van der Waals surface area (Å²) >= 11 is 0. The minimum Gasteiger partial charge on any atom is -0.355 e. The Morgan fingerprint density at radius 2 is 1.35 bits per heavy atom. The van der Waals surface area contributed by atoms with Gasteiger partial charge in [-0.2, -0.15) is 0 Å². The molecule has 2 aromatic rings. The maximum absolute atomic E-state index is 12.2. The van der Waals surface area contributed by atoms with Gasteiger partial charge in [0.15, 0.2) is 0 Å². The maximum atomic E-state index is 12.2. The van der Waals surface area contributed by atoms with Crippen molar-refractivity contribution >= 4 is 35.8 Å². The molecule has 6 nitrogen and oxygen atoms in total. The third-order valence-corrected chi connectivity index (χ3v) is 7.85. The highest BCUT2D eigenvalue weighted by Gasteiger charge is 2.23. The number of aromatic nitrogens is 2. The molecule has 0 bridgehead atoms. The van der Waals surface area contributed by atoms with E-state index in [4.69, 9.17) is 0 Å². The molecule has 0 aliphatic carbocycles. The van der Waals surface area contributed by atoms with Gasteiger partial charge in [-0.25, -0.2) is 4.99 Å². The lowest BCUT2D eigenvalue weighted by Gasteiger charge is -2.03. The molecule has 0 atom stereocenters. The highest BCUT2D eigenvalue weighted by molar-refractivity contribution is 6.30. The van der Waals surface area contributed by atoms with Crippen LogP contribution in [0.25, 0.3) is 18.2 Å². The van der Waals surface area contributed by atoms with Crippen molar-refractivity contribution in [3.63, 3.8) is 0 Å². The van der Waals surface area contributed by atoms with Crippen LogP contribution in [0.3, 0.4) is 0 Å². The predicted octanol–water partition coefficient (Wildman–Crippen LogP) is 4.60. The van der Waals surface area contributed by atoms with Crippen LogP contribution in [-0.2, 0) is 22.4 Å². The molecule has 0 aromatic carbocycles. The first-order valence-electron chi connectivity index (χ1n) is 13.3. The molecule has 4 rings (SSSR count). The molecule has 0 saturated carbocycles. The van der Waals surface area contributed by atoms with Crippen molar-refractivity contribution in [3.8, 4) is 0 Å². The van der Waals surface area contributed by atoms with Gasteiger partial charge < -0.3 is 15.3 Å². The van der Waals surface area contributed by atoms with Crippen LogP contribution in [0.4, 0.5) is 0 Å². The topological polar surface area (TPSA) is 90.1 Å². The minimum absolute atomic E-state index is 0.0159. The molecule has 3 N–H and O–H groups in total. The van der Waals surface area contributed by atoms with Crippen LogP contribution in [0.15, 0.2) is 33.0 Å². The second-order valence-corrected chi connectivity index (χ2v) is 9.84. The van der Waals surface area contributed by atoms with Gasteiger partial charge in [0.1, 0.15) is 0 Å². The molecule has 4 heterocycles. The molecule has 2 amide bonds. The summed E-state index contributed by atoms with van der Waals surface area (Å²) in [6.45, 7) is 16.5. The van der Waals surface area contributed by atoms with Gasteiger partial charge in [0.05, 0.1) is 5.71 Å². The minimum atomic E-state index is -0.138. The number of aromatic amines is 2. The van der Waals surface area contributed by atoms with Crippen molar-refractivity contribution < 1.29 is 9.59 Å². The molecule has 194 valence electrons. The number of allylic oxidation sites excluding steroid dienone is 2. The van der Waals surface area contributed by atoms with E-state index >= 15 is 0 Å². The van der Waals surface area contributed by atoms with Crippen LogP contribution >= 0.6 is 0 Å². The number of nitrogens with one attached hydrogen (secondary N) is 3. The first-order chi connectivity index (χ1) is 17.6. The van der Waals surface area contributed by atoms with Crippen LogP contribution < -0.4 is 16.0 Å². The van der Waals surface area contributed by atoms with Crippen molar-refractivity contribution in [3.05, 3.63) is 72.3 Å². The lowest BCUT2D eigenvalue weighted by Crippen LogP contribution is -2.15. The summed E-state index contributed by atoms with van der Waals surface area (Å²) in [4.78, 5) is 35.9. The number of carbonyl (C=O) groups excluding carboxylic acids is 2. The van der Waals surface area contributed by atoms with Gasteiger partial charge in [-0.3, -0.25) is 9.59 Å². The summed E-state index contributed by atoms with van der Waals surface area (Å²) in [6.07, 6.45) is 9.63. The molecular formula is C31H38N4O2. The average Bonchev–Trinajstić information content (AvgIpc) is 3.51. The summed E-state index contributed by atoms with van der Waals surface area (Å²) in [5.74, 6) is -0.154. The lowest BCUT2D eigenvalue weighted by atomic mass is 10.0. The van der Waals surface area contributed by atoms with Gasteiger partial charge in [0, 0.05) is 38.9 Å². The Bertz CT molecular complexity index is 1550. The molecule has 37 heavy (non-hydrogen) atoms. The third-order valence-electron chi connectivity index (χ3n) is 7.85. The molecule has 2 aliphatic rings. The van der Waals surface area contributed by atoms with E-state index in [1.807, 2.05) is 19.9 Å². The fraction of sp³-hybridized carbons (Fsp3) is 0.387. The van der Waals surface area contributed by atoms with Gasteiger partial charge in [0.2, 0.25) is 0 Å². The standard InChI is InChI=1S/C31H38N4O2/c1-9-20-16(5)24(13-28-22(11-3)18(7)30(36)34-28)32-26(20)15-27-21(10-2)17(6)25(33-27)14-29-23(12-4)19(8)31(37)35-29/h13-15,32-33H,9-12H2,1-8H3,(H,34,36)/b25-14-,27-15-,28-13-. The van der Waals surface area contributed by atoms with E-state index in [9.17, 15) is 9.59 Å². The first-order valence-corrected chi connectivity index (χ1v) is 13.3. The number of hydrogen-bond donors (Lipinski definition) is 3. The van der Waals surface area contributed by atoms with Crippen molar-refractivity contribution in [2.24, 2.45) is 4.99 Å². The second-order valence-electron chi connectivity index (χ2n) is 9.84. The molecule has 2 aromatic heterocycles. The normalized spacial score (nSPS) is 18.3. The van der Waals surface area contributed by atoms with Gasteiger partial charge >= 0.3 is 0 Å². The first kappa shape index (κ1) is 26.4. The Labute approximate surface area is 219 Å². The number of H-pyrrole nitrogens is 2. The fourth-order valence-electron chi connectivity index (χ4n) is 5.59. The zero-order valence-electron chi connectivity index (χ0n) is 23.3. The van der Waals surface area contributed by atoms with E-state index in [0.717, 1.165) is 81.5 Å². The van der Waals surface area contributed by atoms with Crippen LogP contribution in [0.2, 0.25) is 0 Å². The van der Waals surface area contributed by atoms with Gasteiger partial charge in [-0.15, -0.1) is 0 Å². The zero-order chi connectivity index (χ0) is 27.0. The Morgan fingerprint density at radius 1 is 0.676 bits per heavy atom. The van der Waals surface area contributed by atoms with E-state index in [0.29, 0.717) is 0 Å². The summed E-state index contributed by atoms with van der Waals surface area (Å²) in [5, 5.41) is 5.07. The third kappa shape index (κ3) is 4.61. The Morgan fingerprint density at radius 3 is 1.97 bits per heavy atom. The number of aliphatic imine (C=N–C) groups is 1. The highest BCUT2D eigenvalue weighted by Crippen LogP contribution is 2.28. The van der Waals surface area contributed by atoms with Crippen LogP contribution in [0.5, 0.6) is 0 Å². The summed E-state index contributed by atoms with van der Waals surface area (Å²) < 4.78 is 0. The van der Waals surface area contributed by atoms with Crippen molar-refractivity contribution in [1.29, 1.82) is 0 Å². The number of amides is 2. The van der Waals surface area contributed by atoms with Crippen LogP contribution in [0.1, 0.15) is 88.0 Å². The fourth-order valence-corrected chi connectivity index (χ4v) is 5.59. The highest BCUT2D eigenvalue weighted by atomic mass is 16.2. The quantitative estimate of drug-likeness (QED) is 0.521. The Kier molecular flexibility index (Phi) is 7.39. The Hall–Kier alpha value is -3.67. The number of nitrogens with zero attached hydrogens (tertiary/aromatic N) is 1. The summed E-state index contributed by atoms with van der Waals surface area (Å²) in [5.41, 5.74) is 12.2. The van der Waals surface area contributed by atoms with E-state index in [-0.39, 0.29) is 11.8 Å². The van der Waals surface area contributed by atoms with Gasteiger partial charge in [0.25, 0.3) is 11.8 Å². The van der Waals surface area contributed by atoms with E-state index < -0.39 is 0 Å². The molecule has 2 aliphatic heterocycles. The molecule has 0 saturated heterocycles. The van der Waals surface area contributed by atoms with Gasteiger partial charge in [-0.05, 0) is 105 Å². The average molecular weight is 499 g/mol. The summed E-state index contributed by atoms with van der Waals surface area (Å²) in [7, 11) is 0. The molecule has 0 fully saturated rings. The van der Waals surface area contributed by atoms with E-state index in [1.165, 1.54) is 22.3 Å². The number of rotatable bonds is 7. The zero-order valence-corrected chi connectivity index (χ0v) is 23.3. The van der Waals surface area contributed by atoms with Crippen molar-refractivity contribution in [1.82, 2.24) is 15.3 Å². The molecule has 6 heteroatoms. The van der Waals surface area contributed by atoms with Crippen molar-refractivity contribution in [2.75, 3.05) is 0 Å². The lowest BCUT2D eigenvalue weighted by molar-refractivity contribution is -0.116. The number of carbonyl (C=O) groups is 2. The van der Waals surface area contributed by atoms with Crippen LogP contribution in [0, 0.1) is 13.8 Å².